The molecule has 2 heterocycles. The van der Waals surface area contributed by atoms with Crippen LogP contribution in [-0.4, -0.2) is 39.6 Å². The van der Waals surface area contributed by atoms with Gasteiger partial charge < -0.3 is 0 Å². The predicted molar refractivity (Wildman–Crippen MR) is 90.5 cm³/mol. The largest absolute Gasteiger partial charge is 0.297 e. The van der Waals surface area contributed by atoms with E-state index in [0.29, 0.717) is 6.41 Å². The van der Waals surface area contributed by atoms with E-state index in [1.165, 1.54) is 24.4 Å². The number of hydrogen-bond donors (Lipinski definition) is 1. The Kier molecular flexibility index (Phi) is 4.66. The van der Waals surface area contributed by atoms with Crippen molar-refractivity contribution in [1.82, 2.24) is 24.7 Å². The quantitative estimate of drug-likeness (QED) is 0.514. The number of carbonyl (C=O) groups excluding carboxylic acids is 1. The number of para-hydroxylation sites is 1. The number of anilines is 1. The maximum atomic E-state index is 12.5. The Morgan fingerprint density at radius 2 is 1.84 bits per heavy atom. The Bertz CT molecular complexity index is 1030. The van der Waals surface area contributed by atoms with Gasteiger partial charge in [-0.1, -0.05) is 29.3 Å². The molecule has 12 heteroatoms. The fraction of sp³-hybridized carbons (Fsp3) is 0. The summed E-state index contributed by atoms with van der Waals surface area (Å²) in [5.41, 5.74) is 0.112. The summed E-state index contributed by atoms with van der Waals surface area (Å²) in [6.07, 6.45) is 2.77. The van der Waals surface area contributed by atoms with Gasteiger partial charge in [0, 0.05) is 6.20 Å². The van der Waals surface area contributed by atoms with Gasteiger partial charge in [-0.3, -0.25) is 9.52 Å². The van der Waals surface area contributed by atoms with Crippen LogP contribution in [0.25, 0.3) is 11.5 Å². The first kappa shape index (κ1) is 17.3. The van der Waals surface area contributed by atoms with Crippen molar-refractivity contribution < 1.29 is 13.2 Å². The van der Waals surface area contributed by atoms with Crippen LogP contribution in [0.3, 0.4) is 0 Å². The van der Waals surface area contributed by atoms with Crippen molar-refractivity contribution in [2.24, 2.45) is 0 Å². The van der Waals surface area contributed by atoms with E-state index in [1.807, 2.05) is 0 Å². The average molecular weight is 399 g/mol. The molecule has 1 N–H and O–H groups in total. The van der Waals surface area contributed by atoms with Gasteiger partial charge in [0.2, 0.25) is 6.41 Å². The number of nitrogens with zero attached hydrogens (tertiary/aromatic N) is 5. The highest BCUT2D eigenvalue weighted by atomic mass is 35.5. The van der Waals surface area contributed by atoms with Gasteiger partial charge in [0.1, 0.15) is 12.0 Å². The molecule has 0 bridgehead atoms. The van der Waals surface area contributed by atoms with Crippen molar-refractivity contribution >= 4 is 45.3 Å². The first-order valence-electron chi connectivity index (χ1n) is 6.57. The smallest absolute Gasteiger partial charge is 0.276 e. The Hall–Kier alpha value is -2.56. The minimum absolute atomic E-state index is 0.0101. The molecule has 0 unspecified atom stereocenters. The second kappa shape index (κ2) is 6.75. The lowest BCUT2D eigenvalue weighted by Gasteiger charge is -2.10. The molecule has 0 aliphatic carbocycles. The fourth-order valence-electron chi connectivity index (χ4n) is 1.88. The molecule has 2 aromatic heterocycles. The van der Waals surface area contributed by atoms with Crippen molar-refractivity contribution in [1.29, 1.82) is 0 Å². The van der Waals surface area contributed by atoms with E-state index in [-0.39, 0.29) is 27.3 Å². The van der Waals surface area contributed by atoms with Gasteiger partial charge >= 0.3 is 0 Å². The minimum Gasteiger partial charge on any atom is -0.276 e. The summed E-state index contributed by atoms with van der Waals surface area (Å²) >= 11 is 11.9. The summed E-state index contributed by atoms with van der Waals surface area (Å²) in [6.45, 7) is 0. The number of rotatable bonds is 5. The average Bonchev–Trinajstić information content (AvgIpc) is 3.07. The number of benzene rings is 1. The highest BCUT2D eigenvalue weighted by Gasteiger charge is 2.22. The van der Waals surface area contributed by atoms with Gasteiger partial charge in [-0.15, -0.1) is 0 Å². The van der Waals surface area contributed by atoms with Crippen molar-refractivity contribution in [3.63, 3.8) is 0 Å². The van der Waals surface area contributed by atoms with Gasteiger partial charge in [-0.05, 0) is 18.2 Å². The van der Waals surface area contributed by atoms with Crippen molar-refractivity contribution in [3.05, 3.63) is 46.8 Å². The van der Waals surface area contributed by atoms with Gasteiger partial charge in [-0.25, -0.2) is 15.0 Å². The molecule has 3 aromatic rings. The molecular weight excluding hydrogens is 391 g/mol. The third-order valence-electron chi connectivity index (χ3n) is 2.98. The molecule has 128 valence electrons. The molecule has 0 fully saturated rings. The zero-order chi connectivity index (χ0) is 18.0. The number of hydrogen-bond acceptors (Lipinski definition) is 7. The Morgan fingerprint density at radius 3 is 2.52 bits per heavy atom. The van der Waals surface area contributed by atoms with Crippen molar-refractivity contribution in [2.75, 3.05) is 4.72 Å². The molecule has 0 saturated heterocycles. The van der Waals surface area contributed by atoms with Crippen LogP contribution < -0.4 is 4.72 Å². The molecule has 0 amide bonds. The summed E-state index contributed by atoms with van der Waals surface area (Å²) in [5.74, 6) is 0.0737. The van der Waals surface area contributed by atoms with E-state index in [2.05, 4.69) is 24.8 Å². The first-order valence-corrected chi connectivity index (χ1v) is 8.81. The van der Waals surface area contributed by atoms with E-state index in [0.717, 1.165) is 11.0 Å². The fourth-order valence-corrected chi connectivity index (χ4v) is 3.48. The standard InChI is InChI=1S/C13H8Cl2N6O3S/c14-8-2-1-3-9(15)11(8)20-25(23,24)13-16-5-4-10(19-13)12-17-6-18-21(12)7-22/h1-7,20H. The van der Waals surface area contributed by atoms with Crippen LogP contribution in [0.4, 0.5) is 5.69 Å². The summed E-state index contributed by atoms with van der Waals surface area (Å²) < 4.78 is 28.2. The lowest BCUT2D eigenvalue weighted by Crippen LogP contribution is -2.17. The van der Waals surface area contributed by atoms with E-state index in [9.17, 15) is 13.2 Å². The lowest BCUT2D eigenvalue weighted by atomic mass is 10.3. The number of halogens is 2. The van der Waals surface area contributed by atoms with E-state index in [1.54, 1.807) is 6.07 Å². The molecular formula is C13H8Cl2N6O3S. The summed E-state index contributed by atoms with van der Waals surface area (Å²) in [4.78, 5) is 22.4. The topological polar surface area (TPSA) is 120 Å². The minimum atomic E-state index is -4.18. The number of sulfonamides is 1. The Labute approximate surface area is 151 Å². The Balaban J connectivity index is 2.01. The van der Waals surface area contributed by atoms with Gasteiger partial charge in [-0.2, -0.15) is 18.2 Å². The molecule has 0 saturated carbocycles. The van der Waals surface area contributed by atoms with Crippen LogP contribution in [0, 0.1) is 0 Å². The maximum absolute atomic E-state index is 12.5. The molecule has 3 rings (SSSR count). The van der Waals surface area contributed by atoms with Crippen LogP contribution in [0.2, 0.25) is 10.0 Å². The lowest BCUT2D eigenvalue weighted by molar-refractivity contribution is 0.541. The molecule has 25 heavy (non-hydrogen) atoms. The number of carbonyl (C=O) groups is 1. The second-order valence-corrected chi connectivity index (χ2v) is 6.95. The summed E-state index contributed by atoms with van der Waals surface area (Å²) in [6, 6.07) is 5.93. The van der Waals surface area contributed by atoms with E-state index >= 15 is 0 Å². The van der Waals surface area contributed by atoms with E-state index < -0.39 is 15.2 Å². The van der Waals surface area contributed by atoms with Crippen LogP contribution in [0.1, 0.15) is 0 Å². The van der Waals surface area contributed by atoms with Crippen LogP contribution in [0.5, 0.6) is 0 Å². The monoisotopic (exact) mass is 398 g/mol. The third kappa shape index (κ3) is 3.45. The zero-order valence-electron chi connectivity index (χ0n) is 12.2. The molecule has 0 spiro atoms. The van der Waals surface area contributed by atoms with Crippen LogP contribution in [-0.2, 0) is 14.8 Å². The van der Waals surface area contributed by atoms with Gasteiger partial charge in [0.05, 0.1) is 15.7 Å². The highest BCUT2D eigenvalue weighted by Crippen LogP contribution is 2.31. The molecule has 9 nitrogen and oxygen atoms in total. The first-order chi connectivity index (χ1) is 11.9. The predicted octanol–water partition coefficient (Wildman–Crippen LogP) is 1.88. The normalized spacial score (nSPS) is 11.3. The molecule has 0 aliphatic heterocycles. The van der Waals surface area contributed by atoms with E-state index in [4.69, 9.17) is 23.2 Å². The van der Waals surface area contributed by atoms with Gasteiger partial charge in [0.25, 0.3) is 15.2 Å². The van der Waals surface area contributed by atoms with Gasteiger partial charge in [0.15, 0.2) is 5.82 Å². The third-order valence-corrected chi connectivity index (χ3v) is 4.76. The van der Waals surface area contributed by atoms with Crippen LogP contribution in [0.15, 0.2) is 41.9 Å². The van der Waals surface area contributed by atoms with Crippen molar-refractivity contribution in [2.45, 2.75) is 5.16 Å². The zero-order valence-corrected chi connectivity index (χ0v) is 14.5. The molecule has 0 atom stereocenters. The number of aromatic nitrogens is 5. The SMILES string of the molecule is O=Cn1ncnc1-c1ccnc(S(=O)(=O)Nc2c(Cl)cccc2Cl)n1. The Morgan fingerprint density at radius 1 is 1.12 bits per heavy atom. The maximum Gasteiger partial charge on any atom is 0.297 e. The van der Waals surface area contributed by atoms with Crippen molar-refractivity contribution in [3.8, 4) is 11.5 Å². The molecule has 0 aliphatic rings. The molecule has 0 radical (unpaired) electrons. The summed E-state index contributed by atoms with van der Waals surface area (Å²) in [5, 5.41) is 3.37. The van der Waals surface area contributed by atoms with Crippen LogP contribution >= 0.6 is 23.2 Å². The summed E-state index contributed by atoms with van der Waals surface area (Å²) in [7, 11) is -4.18. The second-order valence-electron chi connectivity index (χ2n) is 4.56. The highest BCUT2D eigenvalue weighted by molar-refractivity contribution is 7.92. The number of nitrogens with one attached hydrogen (secondary N) is 1. The molecule has 1 aromatic carbocycles.